The highest BCUT2D eigenvalue weighted by Gasteiger charge is 2.33. The molecule has 1 amide bonds. The van der Waals surface area contributed by atoms with E-state index in [0.29, 0.717) is 24.5 Å². The van der Waals surface area contributed by atoms with Gasteiger partial charge in [0.05, 0.1) is 12.1 Å². The van der Waals surface area contributed by atoms with E-state index in [1.54, 1.807) is 11.3 Å². The topological polar surface area (TPSA) is 116 Å². The molecule has 39 heavy (non-hydrogen) atoms. The van der Waals surface area contributed by atoms with Crippen molar-refractivity contribution in [3.8, 4) is 5.00 Å². The van der Waals surface area contributed by atoms with Gasteiger partial charge in [0.15, 0.2) is 5.82 Å². The Hall–Kier alpha value is -3.37. The number of nitrogens with zero attached hydrogens (tertiary/aromatic N) is 5. The van der Waals surface area contributed by atoms with Crippen molar-refractivity contribution < 1.29 is 14.3 Å². The molecule has 3 aromatic rings. The third-order valence-corrected chi connectivity index (χ3v) is 8.44. The summed E-state index contributed by atoms with van der Waals surface area (Å²) in [5.74, 6) is 1.03. The van der Waals surface area contributed by atoms with E-state index in [1.807, 2.05) is 61.4 Å². The molecular formula is C29H36N6O3S. The van der Waals surface area contributed by atoms with Gasteiger partial charge in [-0.3, -0.25) is 19.1 Å². The highest BCUT2D eigenvalue weighted by atomic mass is 32.1. The molecule has 1 atom stereocenters. The molecule has 0 spiro atoms. The highest BCUT2D eigenvalue weighted by Crippen LogP contribution is 2.39. The minimum Gasteiger partial charge on any atom is -0.460 e. The minimum absolute atomic E-state index is 0.0177. The fourth-order valence-corrected chi connectivity index (χ4v) is 6.34. The predicted octanol–water partition coefficient (Wildman–Crippen LogP) is 4.44. The monoisotopic (exact) mass is 548 g/mol. The van der Waals surface area contributed by atoms with Gasteiger partial charge in [0.25, 0.3) is 5.91 Å². The number of aromatic nitrogens is 3. The van der Waals surface area contributed by atoms with Gasteiger partial charge in [-0.25, -0.2) is 0 Å². The molecule has 10 heteroatoms. The molecule has 4 heterocycles. The lowest BCUT2D eigenvalue weighted by Gasteiger charge is -2.30. The Morgan fingerprint density at radius 2 is 1.74 bits per heavy atom. The van der Waals surface area contributed by atoms with E-state index in [1.165, 1.54) is 4.88 Å². The number of aryl methyl sites for hydroxylation is 2. The zero-order chi connectivity index (χ0) is 28.1. The van der Waals surface area contributed by atoms with Crippen molar-refractivity contribution in [2.45, 2.75) is 78.5 Å². The van der Waals surface area contributed by atoms with E-state index in [4.69, 9.17) is 15.5 Å². The third-order valence-electron chi connectivity index (χ3n) is 7.25. The molecule has 9 nitrogen and oxygen atoms in total. The van der Waals surface area contributed by atoms with Gasteiger partial charge < -0.3 is 15.4 Å². The molecule has 0 aliphatic carbocycles. The predicted molar refractivity (Wildman–Crippen MR) is 152 cm³/mol. The van der Waals surface area contributed by atoms with E-state index >= 15 is 0 Å². The number of amides is 1. The van der Waals surface area contributed by atoms with Crippen LogP contribution in [0.1, 0.15) is 89.6 Å². The molecule has 0 radical (unpaired) electrons. The Kier molecular flexibility index (Phi) is 7.19. The summed E-state index contributed by atoms with van der Waals surface area (Å²) in [5, 5.41) is 9.77. The van der Waals surface area contributed by atoms with Crippen LogP contribution in [0.3, 0.4) is 0 Å². The van der Waals surface area contributed by atoms with Crippen LogP contribution in [-0.2, 0) is 9.53 Å². The number of aliphatic imine (C=N–C) groups is 1. The van der Waals surface area contributed by atoms with Crippen LogP contribution in [0.5, 0.6) is 0 Å². The van der Waals surface area contributed by atoms with Gasteiger partial charge in [-0.15, -0.1) is 21.5 Å². The number of ether oxygens (including phenoxy) is 1. The first kappa shape index (κ1) is 27.2. The summed E-state index contributed by atoms with van der Waals surface area (Å²) in [6, 6.07) is 7.21. The normalized spacial score (nSPS) is 17.8. The van der Waals surface area contributed by atoms with E-state index < -0.39 is 11.6 Å². The maximum Gasteiger partial charge on any atom is 0.308 e. The SMILES string of the molecule is Cc1sc2c(c1C)C(c1ccc(C(=O)N3CCC(N)CC3)cc1)=N[C@@H](CC(=O)OC(C)(C)C)c1nnc(C)n1-2. The van der Waals surface area contributed by atoms with Crippen molar-refractivity contribution in [3.63, 3.8) is 0 Å². The number of carbonyl (C=O) groups excluding carboxylic acids is 2. The Bertz CT molecular complexity index is 1440. The quantitative estimate of drug-likeness (QED) is 0.482. The Labute approximate surface area is 233 Å². The maximum atomic E-state index is 13.1. The van der Waals surface area contributed by atoms with Crippen molar-refractivity contribution in [2.75, 3.05) is 13.1 Å². The second-order valence-corrected chi connectivity index (χ2v) is 12.6. The van der Waals surface area contributed by atoms with Crippen molar-refractivity contribution in [3.05, 3.63) is 63.0 Å². The van der Waals surface area contributed by atoms with Crippen LogP contribution >= 0.6 is 11.3 Å². The lowest BCUT2D eigenvalue weighted by Crippen LogP contribution is -2.42. The molecule has 1 fully saturated rings. The van der Waals surface area contributed by atoms with Crippen molar-refractivity contribution in [2.24, 2.45) is 10.7 Å². The first-order chi connectivity index (χ1) is 18.4. The summed E-state index contributed by atoms with van der Waals surface area (Å²) in [6.45, 7) is 13.0. The molecule has 5 rings (SSSR count). The summed E-state index contributed by atoms with van der Waals surface area (Å²) in [6.07, 6.45) is 1.68. The number of nitrogens with two attached hydrogens (primary N) is 1. The molecule has 2 aliphatic heterocycles. The number of piperidine rings is 1. The second kappa shape index (κ2) is 10.3. The Morgan fingerprint density at radius 3 is 2.38 bits per heavy atom. The molecule has 1 saturated heterocycles. The number of esters is 1. The molecule has 0 bridgehead atoms. The van der Waals surface area contributed by atoms with Crippen LogP contribution in [0, 0.1) is 20.8 Å². The van der Waals surface area contributed by atoms with Crippen molar-refractivity contribution in [1.82, 2.24) is 19.7 Å². The standard InChI is InChI=1S/C29H36N6O3S/c1-16-17(2)39-28-24(16)25(19-7-9-20(10-8-19)27(37)34-13-11-21(30)12-14-34)31-22(15-23(36)38-29(4,5)6)26-33-32-18(3)35(26)28/h7-10,21-22H,11-15,30H2,1-6H3/t22-/m0/s1. The number of fused-ring (bicyclic) bond motifs is 3. The van der Waals surface area contributed by atoms with Crippen LogP contribution in [0.25, 0.3) is 5.00 Å². The zero-order valence-electron chi connectivity index (χ0n) is 23.4. The molecule has 1 aromatic carbocycles. The Balaban J connectivity index is 1.55. The van der Waals surface area contributed by atoms with Gasteiger partial charge in [-0.05, 0) is 72.1 Å². The zero-order valence-corrected chi connectivity index (χ0v) is 24.3. The van der Waals surface area contributed by atoms with Gasteiger partial charge in [-0.1, -0.05) is 12.1 Å². The largest absolute Gasteiger partial charge is 0.460 e. The summed E-state index contributed by atoms with van der Waals surface area (Å²) < 4.78 is 7.66. The number of benzene rings is 1. The number of rotatable bonds is 4. The molecule has 2 N–H and O–H groups in total. The number of thiophene rings is 1. The first-order valence-electron chi connectivity index (χ1n) is 13.4. The van der Waals surface area contributed by atoms with Gasteiger partial charge in [0, 0.05) is 40.7 Å². The van der Waals surface area contributed by atoms with E-state index in [0.717, 1.165) is 46.1 Å². The lowest BCUT2D eigenvalue weighted by atomic mass is 9.98. The molecule has 206 valence electrons. The summed E-state index contributed by atoms with van der Waals surface area (Å²) in [5.41, 5.74) is 9.82. The fraction of sp³-hybridized carbons (Fsp3) is 0.483. The van der Waals surface area contributed by atoms with E-state index in [9.17, 15) is 9.59 Å². The number of hydrogen-bond acceptors (Lipinski definition) is 8. The summed E-state index contributed by atoms with van der Waals surface area (Å²) in [7, 11) is 0. The molecular weight excluding hydrogens is 512 g/mol. The van der Waals surface area contributed by atoms with E-state index in [-0.39, 0.29) is 24.3 Å². The average molecular weight is 549 g/mol. The fourth-order valence-electron chi connectivity index (χ4n) is 5.12. The number of carbonyl (C=O) groups is 2. The van der Waals surface area contributed by atoms with Crippen LogP contribution in [-0.4, -0.2) is 62.0 Å². The van der Waals surface area contributed by atoms with Gasteiger partial charge in [0.2, 0.25) is 0 Å². The summed E-state index contributed by atoms with van der Waals surface area (Å²) >= 11 is 1.66. The number of likely N-dealkylation sites (tertiary alicyclic amines) is 1. The van der Waals surface area contributed by atoms with Gasteiger partial charge >= 0.3 is 5.97 Å². The smallest absolute Gasteiger partial charge is 0.308 e. The minimum atomic E-state index is -0.605. The van der Waals surface area contributed by atoms with Crippen LogP contribution in [0.15, 0.2) is 29.3 Å². The van der Waals surface area contributed by atoms with Crippen LogP contribution in [0.4, 0.5) is 0 Å². The third kappa shape index (κ3) is 5.40. The number of hydrogen-bond donors (Lipinski definition) is 1. The molecule has 2 aromatic heterocycles. The van der Waals surface area contributed by atoms with Gasteiger partial charge in [0.1, 0.15) is 22.5 Å². The Morgan fingerprint density at radius 1 is 1.08 bits per heavy atom. The van der Waals surface area contributed by atoms with Crippen molar-refractivity contribution in [1.29, 1.82) is 0 Å². The second-order valence-electron chi connectivity index (χ2n) is 11.4. The summed E-state index contributed by atoms with van der Waals surface area (Å²) in [4.78, 5) is 34.3. The van der Waals surface area contributed by atoms with E-state index in [2.05, 4.69) is 24.0 Å². The average Bonchev–Trinajstić information content (AvgIpc) is 3.35. The van der Waals surface area contributed by atoms with Crippen LogP contribution in [0.2, 0.25) is 0 Å². The molecule has 2 aliphatic rings. The van der Waals surface area contributed by atoms with Crippen molar-refractivity contribution >= 4 is 28.9 Å². The maximum absolute atomic E-state index is 13.1. The lowest BCUT2D eigenvalue weighted by molar-refractivity contribution is -0.155. The first-order valence-corrected chi connectivity index (χ1v) is 14.2. The van der Waals surface area contributed by atoms with Crippen LogP contribution < -0.4 is 5.73 Å². The highest BCUT2D eigenvalue weighted by molar-refractivity contribution is 7.15. The van der Waals surface area contributed by atoms with Gasteiger partial charge in [-0.2, -0.15) is 0 Å². The molecule has 0 unspecified atom stereocenters. The molecule has 0 saturated carbocycles.